The Hall–Kier alpha value is -2.17. The van der Waals surface area contributed by atoms with Crippen molar-refractivity contribution in [1.82, 2.24) is 15.2 Å². The van der Waals surface area contributed by atoms with Gasteiger partial charge >= 0.3 is 0 Å². The molecule has 1 atom stereocenters. The van der Waals surface area contributed by atoms with Crippen molar-refractivity contribution in [2.24, 2.45) is 0 Å². The number of aromatic nitrogens is 3. The van der Waals surface area contributed by atoms with Crippen LogP contribution in [-0.4, -0.2) is 21.2 Å². The first-order valence-corrected chi connectivity index (χ1v) is 7.72. The summed E-state index contributed by atoms with van der Waals surface area (Å²) in [6.07, 6.45) is 2.63. The SMILES string of the molecule is CCC(C)Nc1nncc(Nc2ccc(C(C)(C)C)cc2)n1. The fraction of sp³-hybridized carbons (Fsp3) is 0.471. The lowest BCUT2D eigenvalue weighted by atomic mass is 9.87. The first kappa shape index (κ1) is 16.2. The number of benzene rings is 1. The zero-order valence-corrected chi connectivity index (χ0v) is 14.0. The van der Waals surface area contributed by atoms with Crippen molar-refractivity contribution in [3.05, 3.63) is 36.0 Å². The van der Waals surface area contributed by atoms with Gasteiger partial charge in [0.05, 0.1) is 6.20 Å². The lowest BCUT2D eigenvalue weighted by molar-refractivity contribution is 0.590. The summed E-state index contributed by atoms with van der Waals surface area (Å²) in [6.45, 7) is 10.8. The van der Waals surface area contributed by atoms with Crippen molar-refractivity contribution >= 4 is 17.5 Å². The molecule has 1 aromatic heterocycles. The number of nitrogens with one attached hydrogen (secondary N) is 2. The lowest BCUT2D eigenvalue weighted by Crippen LogP contribution is -2.16. The molecule has 0 aliphatic rings. The van der Waals surface area contributed by atoms with E-state index in [1.54, 1.807) is 6.20 Å². The van der Waals surface area contributed by atoms with Crippen LogP contribution < -0.4 is 10.6 Å². The predicted molar refractivity (Wildman–Crippen MR) is 91.6 cm³/mol. The second-order valence-corrected chi connectivity index (χ2v) is 6.57. The molecule has 0 fully saturated rings. The topological polar surface area (TPSA) is 62.7 Å². The van der Waals surface area contributed by atoms with Gasteiger partial charge in [0, 0.05) is 11.7 Å². The average Bonchev–Trinajstić information content (AvgIpc) is 2.47. The van der Waals surface area contributed by atoms with Crippen molar-refractivity contribution in [2.45, 2.75) is 52.5 Å². The summed E-state index contributed by atoms with van der Waals surface area (Å²) >= 11 is 0. The molecule has 0 saturated heterocycles. The highest BCUT2D eigenvalue weighted by Crippen LogP contribution is 2.24. The van der Waals surface area contributed by atoms with E-state index < -0.39 is 0 Å². The number of nitrogens with zero attached hydrogens (tertiary/aromatic N) is 3. The van der Waals surface area contributed by atoms with Crippen LogP contribution in [0.5, 0.6) is 0 Å². The van der Waals surface area contributed by atoms with Crippen LogP contribution in [0.1, 0.15) is 46.6 Å². The highest BCUT2D eigenvalue weighted by atomic mass is 15.3. The molecule has 2 rings (SSSR count). The molecule has 0 bridgehead atoms. The Morgan fingerprint density at radius 3 is 2.41 bits per heavy atom. The van der Waals surface area contributed by atoms with Crippen molar-refractivity contribution in [1.29, 1.82) is 0 Å². The molecule has 0 amide bonds. The molecular formula is C17H25N5. The van der Waals surface area contributed by atoms with Crippen LogP contribution in [-0.2, 0) is 5.41 Å². The van der Waals surface area contributed by atoms with Crippen LogP contribution in [0.4, 0.5) is 17.5 Å². The van der Waals surface area contributed by atoms with E-state index in [0.29, 0.717) is 17.8 Å². The second-order valence-electron chi connectivity index (χ2n) is 6.57. The van der Waals surface area contributed by atoms with Crippen LogP contribution in [0.3, 0.4) is 0 Å². The van der Waals surface area contributed by atoms with Gasteiger partial charge in [0.15, 0.2) is 5.82 Å². The van der Waals surface area contributed by atoms with Gasteiger partial charge in [0.1, 0.15) is 0 Å². The molecule has 118 valence electrons. The van der Waals surface area contributed by atoms with E-state index in [1.807, 2.05) is 0 Å². The number of anilines is 3. The van der Waals surface area contributed by atoms with Gasteiger partial charge in [-0.2, -0.15) is 10.1 Å². The van der Waals surface area contributed by atoms with Gasteiger partial charge in [-0.05, 0) is 36.5 Å². The molecule has 1 heterocycles. The maximum absolute atomic E-state index is 4.43. The Labute approximate surface area is 132 Å². The van der Waals surface area contributed by atoms with E-state index in [1.165, 1.54) is 5.56 Å². The summed E-state index contributed by atoms with van der Waals surface area (Å²) in [5.41, 5.74) is 2.45. The summed E-state index contributed by atoms with van der Waals surface area (Å²) in [7, 11) is 0. The Balaban J connectivity index is 2.09. The number of hydrogen-bond donors (Lipinski definition) is 2. The highest BCUT2D eigenvalue weighted by molar-refractivity contribution is 5.56. The zero-order chi connectivity index (χ0) is 16.2. The van der Waals surface area contributed by atoms with E-state index in [0.717, 1.165) is 12.1 Å². The van der Waals surface area contributed by atoms with Crippen LogP contribution in [0.15, 0.2) is 30.5 Å². The largest absolute Gasteiger partial charge is 0.350 e. The van der Waals surface area contributed by atoms with Crippen molar-refractivity contribution < 1.29 is 0 Å². The van der Waals surface area contributed by atoms with E-state index in [9.17, 15) is 0 Å². The third-order valence-corrected chi connectivity index (χ3v) is 3.57. The summed E-state index contributed by atoms with van der Waals surface area (Å²) < 4.78 is 0. The fourth-order valence-corrected chi connectivity index (χ4v) is 1.95. The molecule has 0 spiro atoms. The maximum atomic E-state index is 4.43. The Morgan fingerprint density at radius 2 is 1.82 bits per heavy atom. The summed E-state index contributed by atoms with van der Waals surface area (Å²) in [6, 6.07) is 8.71. The van der Waals surface area contributed by atoms with Crippen LogP contribution in [0.2, 0.25) is 0 Å². The van der Waals surface area contributed by atoms with Crippen LogP contribution in [0.25, 0.3) is 0 Å². The van der Waals surface area contributed by atoms with E-state index in [2.05, 4.69) is 84.7 Å². The normalized spacial score (nSPS) is 12.8. The fourth-order valence-electron chi connectivity index (χ4n) is 1.95. The lowest BCUT2D eigenvalue weighted by Gasteiger charge is -2.19. The van der Waals surface area contributed by atoms with Crippen molar-refractivity contribution in [3.63, 3.8) is 0 Å². The smallest absolute Gasteiger partial charge is 0.244 e. The van der Waals surface area contributed by atoms with E-state index in [4.69, 9.17) is 0 Å². The summed E-state index contributed by atoms with van der Waals surface area (Å²) in [4.78, 5) is 4.43. The quantitative estimate of drug-likeness (QED) is 0.869. The van der Waals surface area contributed by atoms with Gasteiger partial charge in [0.25, 0.3) is 0 Å². The predicted octanol–water partition coefficient (Wildman–Crippen LogP) is 4.12. The van der Waals surface area contributed by atoms with Crippen molar-refractivity contribution in [3.8, 4) is 0 Å². The zero-order valence-electron chi connectivity index (χ0n) is 14.0. The molecule has 1 aromatic carbocycles. The molecule has 5 nitrogen and oxygen atoms in total. The first-order valence-electron chi connectivity index (χ1n) is 7.72. The molecule has 0 saturated carbocycles. The van der Waals surface area contributed by atoms with Crippen LogP contribution in [0, 0.1) is 0 Å². The van der Waals surface area contributed by atoms with Gasteiger partial charge in [-0.3, -0.25) is 0 Å². The summed E-state index contributed by atoms with van der Waals surface area (Å²) in [5, 5.41) is 14.5. The van der Waals surface area contributed by atoms with Crippen molar-refractivity contribution in [2.75, 3.05) is 10.6 Å². The molecule has 22 heavy (non-hydrogen) atoms. The minimum Gasteiger partial charge on any atom is -0.350 e. The Kier molecular flexibility index (Phi) is 4.96. The number of rotatable bonds is 5. The van der Waals surface area contributed by atoms with E-state index in [-0.39, 0.29) is 5.41 Å². The first-order chi connectivity index (χ1) is 10.4. The summed E-state index contributed by atoms with van der Waals surface area (Å²) in [5.74, 6) is 1.23. The molecule has 1 unspecified atom stereocenters. The molecule has 2 N–H and O–H groups in total. The third-order valence-electron chi connectivity index (χ3n) is 3.57. The van der Waals surface area contributed by atoms with Gasteiger partial charge in [-0.15, -0.1) is 5.10 Å². The molecule has 2 aromatic rings. The highest BCUT2D eigenvalue weighted by Gasteiger charge is 2.13. The molecule has 0 aliphatic heterocycles. The second kappa shape index (κ2) is 6.73. The average molecular weight is 299 g/mol. The van der Waals surface area contributed by atoms with E-state index >= 15 is 0 Å². The molecular weight excluding hydrogens is 274 g/mol. The monoisotopic (exact) mass is 299 g/mol. The Morgan fingerprint density at radius 1 is 1.14 bits per heavy atom. The molecule has 0 aliphatic carbocycles. The Bertz CT molecular complexity index is 601. The van der Waals surface area contributed by atoms with Gasteiger partial charge < -0.3 is 10.6 Å². The number of hydrogen-bond acceptors (Lipinski definition) is 5. The standard InChI is InChI=1S/C17H25N5/c1-6-12(2)19-16-21-15(11-18-22-16)20-14-9-7-13(8-10-14)17(3,4)5/h7-12H,6H2,1-5H3,(H2,19,20,21,22). The third kappa shape index (κ3) is 4.41. The van der Waals surface area contributed by atoms with Gasteiger partial charge in [-0.1, -0.05) is 39.8 Å². The maximum Gasteiger partial charge on any atom is 0.244 e. The van der Waals surface area contributed by atoms with Gasteiger partial charge in [0.2, 0.25) is 5.95 Å². The minimum absolute atomic E-state index is 0.155. The van der Waals surface area contributed by atoms with Crippen LogP contribution >= 0.6 is 0 Å². The molecule has 0 radical (unpaired) electrons. The van der Waals surface area contributed by atoms with Gasteiger partial charge in [-0.25, -0.2) is 0 Å². The minimum atomic E-state index is 0.155. The molecule has 5 heteroatoms.